The summed E-state index contributed by atoms with van der Waals surface area (Å²) >= 11 is 0. The van der Waals surface area contributed by atoms with E-state index in [0.29, 0.717) is 6.61 Å². The number of aryl methyl sites for hydroxylation is 2. The van der Waals surface area contributed by atoms with Crippen LogP contribution in [0.3, 0.4) is 0 Å². The third-order valence-electron chi connectivity index (χ3n) is 5.69. The SMILES string of the molecule is Cc1cccc(OCCCCn2c(C(C)NC(=O)/C=C\c3ccccc3)nc3ccccc32)c1. The number of carbonyl (C=O) groups is 1. The molecule has 34 heavy (non-hydrogen) atoms. The molecule has 5 heteroatoms. The molecule has 0 saturated carbocycles. The van der Waals surface area contributed by atoms with Crippen molar-refractivity contribution < 1.29 is 9.53 Å². The van der Waals surface area contributed by atoms with E-state index in [4.69, 9.17) is 9.72 Å². The normalized spacial score (nSPS) is 12.2. The number of ether oxygens (including phenoxy) is 1. The minimum Gasteiger partial charge on any atom is -0.494 e. The number of unbranched alkanes of at least 4 members (excludes halogenated alkanes) is 1. The van der Waals surface area contributed by atoms with Crippen LogP contribution in [0.4, 0.5) is 0 Å². The highest BCUT2D eigenvalue weighted by molar-refractivity contribution is 5.92. The van der Waals surface area contributed by atoms with Crippen LogP contribution >= 0.6 is 0 Å². The largest absolute Gasteiger partial charge is 0.494 e. The van der Waals surface area contributed by atoms with Crippen molar-refractivity contribution in [3.63, 3.8) is 0 Å². The van der Waals surface area contributed by atoms with Gasteiger partial charge in [-0.15, -0.1) is 0 Å². The number of rotatable bonds is 10. The van der Waals surface area contributed by atoms with Crippen molar-refractivity contribution >= 4 is 23.0 Å². The molecule has 0 aliphatic heterocycles. The average molecular weight is 454 g/mol. The minimum absolute atomic E-state index is 0.137. The van der Waals surface area contributed by atoms with Gasteiger partial charge in [0.2, 0.25) is 5.91 Å². The van der Waals surface area contributed by atoms with E-state index in [2.05, 4.69) is 35.0 Å². The van der Waals surface area contributed by atoms with Crippen molar-refractivity contribution in [2.75, 3.05) is 6.61 Å². The lowest BCUT2D eigenvalue weighted by Crippen LogP contribution is -2.27. The summed E-state index contributed by atoms with van der Waals surface area (Å²) in [5, 5.41) is 3.06. The zero-order valence-electron chi connectivity index (χ0n) is 19.8. The summed E-state index contributed by atoms with van der Waals surface area (Å²) in [6, 6.07) is 25.8. The van der Waals surface area contributed by atoms with Gasteiger partial charge in [0, 0.05) is 12.6 Å². The highest BCUT2D eigenvalue weighted by Crippen LogP contribution is 2.22. The molecule has 1 unspecified atom stereocenters. The van der Waals surface area contributed by atoms with Crippen molar-refractivity contribution in [1.82, 2.24) is 14.9 Å². The lowest BCUT2D eigenvalue weighted by molar-refractivity contribution is -0.117. The highest BCUT2D eigenvalue weighted by atomic mass is 16.5. The summed E-state index contributed by atoms with van der Waals surface area (Å²) in [4.78, 5) is 17.4. The number of hydrogen-bond acceptors (Lipinski definition) is 3. The zero-order chi connectivity index (χ0) is 23.8. The van der Waals surface area contributed by atoms with Gasteiger partial charge in [0.1, 0.15) is 11.6 Å². The van der Waals surface area contributed by atoms with Crippen LogP contribution < -0.4 is 10.1 Å². The topological polar surface area (TPSA) is 56.1 Å². The van der Waals surface area contributed by atoms with Crippen molar-refractivity contribution in [2.24, 2.45) is 0 Å². The van der Waals surface area contributed by atoms with Crippen molar-refractivity contribution in [1.29, 1.82) is 0 Å². The van der Waals surface area contributed by atoms with Gasteiger partial charge >= 0.3 is 0 Å². The molecule has 0 bridgehead atoms. The number of nitrogens with zero attached hydrogens (tertiary/aromatic N) is 2. The van der Waals surface area contributed by atoms with Crippen LogP contribution in [0.2, 0.25) is 0 Å². The summed E-state index contributed by atoms with van der Waals surface area (Å²) in [7, 11) is 0. The van der Waals surface area contributed by atoms with Gasteiger partial charge in [-0.2, -0.15) is 0 Å². The maximum Gasteiger partial charge on any atom is 0.244 e. The second kappa shape index (κ2) is 11.3. The van der Waals surface area contributed by atoms with Gasteiger partial charge in [-0.05, 0) is 68.2 Å². The average Bonchev–Trinajstić information content (AvgIpc) is 3.22. The first-order chi connectivity index (χ1) is 16.6. The number of imidazole rings is 1. The molecule has 1 heterocycles. The molecule has 1 N–H and O–H groups in total. The Hall–Kier alpha value is -3.86. The summed E-state index contributed by atoms with van der Waals surface area (Å²) in [5.41, 5.74) is 4.21. The standard InChI is InChI=1S/C29H31N3O2/c1-22-11-10-14-25(21-22)34-20-9-8-19-32-27-16-7-6-15-26(27)31-29(32)23(2)30-28(33)18-17-24-12-4-3-5-13-24/h3-7,10-18,21,23H,8-9,19-20H2,1-2H3,(H,30,33)/b18-17-. The predicted octanol–water partition coefficient (Wildman–Crippen LogP) is 6.09. The molecular weight excluding hydrogens is 422 g/mol. The molecule has 5 nitrogen and oxygen atoms in total. The third-order valence-corrected chi connectivity index (χ3v) is 5.69. The summed E-state index contributed by atoms with van der Waals surface area (Å²) < 4.78 is 8.11. The molecule has 1 amide bonds. The number of amides is 1. The molecule has 0 radical (unpaired) electrons. The Bertz CT molecular complexity index is 1260. The number of benzene rings is 3. The van der Waals surface area contributed by atoms with Crippen LogP contribution in [0.15, 0.2) is 84.9 Å². The quantitative estimate of drug-likeness (QED) is 0.233. The van der Waals surface area contributed by atoms with Crippen LogP contribution in [0.1, 0.15) is 42.8 Å². The second-order valence-corrected chi connectivity index (χ2v) is 8.46. The van der Waals surface area contributed by atoms with E-state index in [0.717, 1.165) is 47.6 Å². The molecule has 3 aromatic carbocycles. The Morgan fingerprint density at radius 3 is 2.65 bits per heavy atom. The number of aromatic nitrogens is 2. The number of nitrogens with one attached hydrogen (secondary N) is 1. The van der Waals surface area contributed by atoms with Crippen LogP contribution in [0.25, 0.3) is 17.1 Å². The van der Waals surface area contributed by atoms with E-state index in [1.165, 1.54) is 5.56 Å². The fourth-order valence-corrected chi connectivity index (χ4v) is 3.99. The molecule has 0 aliphatic rings. The smallest absolute Gasteiger partial charge is 0.244 e. The van der Waals surface area contributed by atoms with E-state index in [1.54, 1.807) is 6.08 Å². The molecular formula is C29H31N3O2. The minimum atomic E-state index is -0.219. The Balaban J connectivity index is 1.39. The number of carbonyl (C=O) groups excluding carboxylic acids is 1. The Kier molecular flexibility index (Phi) is 7.76. The highest BCUT2D eigenvalue weighted by Gasteiger charge is 2.17. The van der Waals surface area contributed by atoms with Gasteiger partial charge in [-0.1, -0.05) is 54.6 Å². The second-order valence-electron chi connectivity index (χ2n) is 8.46. The van der Waals surface area contributed by atoms with Crippen LogP contribution in [0.5, 0.6) is 5.75 Å². The lowest BCUT2D eigenvalue weighted by atomic mass is 10.2. The number of para-hydroxylation sites is 2. The molecule has 4 rings (SSSR count). The summed E-state index contributed by atoms with van der Waals surface area (Å²) in [6.45, 7) is 5.53. The molecule has 0 spiro atoms. The van der Waals surface area contributed by atoms with Gasteiger partial charge in [0.05, 0.1) is 23.7 Å². The van der Waals surface area contributed by atoms with Gasteiger partial charge in [-0.25, -0.2) is 4.98 Å². The maximum atomic E-state index is 12.5. The molecule has 0 fully saturated rings. The number of hydrogen-bond donors (Lipinski definition) is 1. The van der Waals surface area contributed by atoms with Crippen molar-refractivity contribution in [3.05, 3.63) is 102 Å². The maximum absolute atomic E-state index is 12.5. The zero-order valence-corrected chi connectivity index (χ0v) is 19.8. The summed E-state index contributed by atoms with van der Waals surface area (Å²) in [5.74, 6) is 1.64. The van der Waals surface area contributed by atoms with E-state index in [-0.39, 0.29) is 11.9 Å². The first-order valence-corrected chi connectivity index (χ1v) is 11.8. The van der Waals surface area contributed by atoms with Gasteiger partial charge in [0.15, 0.2) is 0 Å². The predicted molar refractivity (Wildman–Crippen MR) is 138 cm³/mol. The van der Waals surface area contributed by atoms with Crippen LogP contribution in [-0.2, 0) is 11.3 Å². The van der Waals surface area contributed by atoms with Crippen LogP contribution in [-0.4, -0.2) is 22.1 Å². The molecule has 1 aromatic heterocycles. The van der Waals surface area contributed by atoms with E-state index in [9.17, 15) is 4.79 Å². The van der Waals surface area contributed by atoms with E-state index < -0.39 is 0 Å². The Morgan fingerprint density at radius 1 is 1.03 bits per heavy atom. The Labute approximate surface area is 201 Å². The Morgan fingerprint density at radius 2 is 1.82 bits per heavy atom. The van der Waals surface area contributed by atoms with Crippen molar-refractivity contribution in [2.45, 2.75) is 39.3 Å². The van der Waals surface area contributed by atoms with Gasteiger partial charge in [0.25, 0.3) is 0 Å². The van der Waals surface area contributed by atoms with Crippen LogP contribution in [0, 0.1) is 6.92 Å². The molecule has 174 valence electrons. The fraction of sp³-hybridized carbons (Fsp3) is 0.241. The van der Waals surface area contributed by atoms with Crippen molar-refractivity contribution in [3.8, 4) is 5.75 Å². The first kappa shape index (κ1) is 23.3. The number of fused-ring (bicyclic) bond motifs is 1. The molecule has 0 saturated heterocycles. The molecule has 1 atom stereocenters. The van der Waals surface area contributed by atoms with Gasteiger partial charge < -0.3 is 14.6 Å². The third kappa shape index (κ3) is 6.13. The monoisotopic (exact) mass is 453 g/mol. The first-order valence-electron chi connectivity index (χ1n) is 11.8. The molecule has 0 aliphatic carbocycles. The fourth-order valence-electron chi connectivity index (χ4n) is 3.99. The van der Waals surface area contributed by atoms with Gasteiger partial charge in [-0.3, -0.25) is 4.79 Å². The lowest BCUT2D eigenvalue weighted by Gasteiger charge is -2.16. The van der Waals surface area contributed by atoms with E-state index in [1.807, 2.05) is 73.7 Å². The molecule has 4 aromatic rings. The van der Waals surface area contributed by atoms with E-state index >= 15 is 0 Å². The summed E-state index contributed by atoms with van der Waals surface area (Å²) in [6.07, 6.45) is 5.27.